The van der Waals surface area contributed by atoms with Crippen LogP contribution in [0.25, 0.3) is 0 Å². The first-order chi connectivity index (χ1) is 13.2. The first kappa shape index (κ1) is 21.4. The summed E-state index contributed by atoms with van der Waals surface area (Å²) >= 11 is 0. The van der Waals surface area contributed by atoms with Crippen molar-refractivity contribution in [3.05, 3.63) is 59.9 Å². The van der Waals surface area contributed by atoms with Crippen molar-refractivity contribution in [2.24, 2.45) is 0 Å². The highest BCUT2D eigenvalue weighted by atomic mass is 32.2. The molecule has 0 radical (unpaired) electrons. The Kier molecular flexibility index (Phi) is 6.79. The lowest BCUT2D eigenvalue weighted by Crippen LogP contribution is -2.34. The fraction of sp³-hybridized carbons (Fsp3) is 0.222. The van der Waals surface area contributed by atoms with Crippen molar-refractivity contribution in [2.45, 2.75) is 17.6 Å². The van der Waals surface area contributed by atoms with E-state index in [1.807, 2.05) is 0 Å². The number of rotatable bonds is 7. The second-order valence-electron chi connectivity index (χ2n) is 5.52. The molecule has 0 aliphatic rings. The third-order valence-corrected chi connectivity index (χ3v) is 5.13. The largest absolute Gasteiger partial charge is 0.452 e. The van der Waals surface area contributed by atoms with Gasteiger partial charge in [-0.25, -0.2) is 17.6 Å². The standard InChI is InChI=1S/C18H16F3NO5S/c1-2-22(14-7-5-13(19)6-8-14)16(23)11-27-17(24)12-3-9-15(10-4-12)28(25,26)18(20)21/h3-10,18H,2,11H2,1H3. The Morgan fingerprint density at radius 2 is 1.61 bits per heavy atom. The van der Waals surface area contributed by atoms with Crippen molar-refractivity contribution in [1.82, 2.24) is 0 Å². The minimum absolute atomic E-state index is 0.106. The molecule has 0 unspecified atom stereocenters. The number of anilines is 1. The van der Waals surface area contributed by atoms with Crippen molar-refractivity contribution in [2.75, 3.05) is 18.1 Å². The quantitative estimate of drug-likeness (QED) is 0.650. The molecule has 0 aliphatic carbocycles. The van der Waals surface area contributed by atoms with Gasteiger partial charge in [-0.2, -0.15) is 8.78 Å². The summed E-state index contributed by atoms with van der Waals surface area (Å²) in [5, 5.41) is 0. The molecule has 2 aromatic carbocycles. The molecule has 6 nitrogen and oxygen atoms in total. The zero-order chi connectivity index (χ0) is 20.9. The number of ether oxygens (including phenoxy) is 1. The number of carbonyl (C=O) groups is 2. The Bertz CT molecular complexity index is 944. The smallest absolute Gasteiger partial charge is 0.341 e. The van der Waals surface area contributed by atoms with Gasteiger partial charge in [0.25, 0.3) is 5.91 Å². The number of likely N-dealkylation sites (N-methyl/N-ethyl adjacent to an activating group) is 1. The summed E-state index contributed by atoms with van der Waals surface area (Å²) in [7, 11) is -4.77. The number of nitrogens with zero attached hydrogens (tertiary/aromatic N) is 1. The Hall–Kier alpha value is -2.88. The number of amides is 1. The van der Waals surface area contributed by atoms with Crippen molar-refractivity contribution >= 4 is 27.4 Å². The molecule has 0 fully saturated rings. The molecule has 0 aromatic heterocycles. The van der Waals surface area contributed by atoms with Gasteiger partial charge in [-0.1, -0.05) is 0 Å². The topological polar surface area (TPSA) is 80.8 Å². The highest BCUT2D eigenvalue weighted by molar-refractivity contribution is 7.91. The van der Waals surface area contributed by atoms with Gasteiger partial charge >= 0.3 is 11.7 Å². The number of esters is 1. The highest BCUT2D eigenvalue weighted by Crippen LogP contribution is 2.19. The van der Waals surface area contributed by atoms with Crippen LogP contribution in [0.4, 0.5) is 18.9 Å². The van der Waals surface area contributed by atoms with Crippen LogP contribution in [0.5, 0.6) is 0 Å². The third-order valence-electron chi connectivity index (χ3n) is 3.74. The normalized spacial score (nSPS) is 11.3. The summed E-state index contributed by atoms with van der Waals surface area (Å²) in [5.41, 5.74) is 0.317. The predicted molar refractivity (Wildman–Crippen MR) is 94.3 cm³/mol. The number of halogens is 3. The summed E-state index contributed by atoms with van der Waals surface area (Å²) in [4.78, 5) is 24.9. The van der Waals surface area contributed by atoms with Gasteiger partial charge in [-0.3, -0.25) is 4.79 Å². The van der Waals surface area contributed by atoms with Gasteiger partial charge in [0.2, 0.25) is 9.84 Å². The average Bonchev–Trinajstić information content (AvgIpc) is 2.68. The van der Waals surface area contributed by atoms with Gasteiger partial charge in [-0.05, 0) is 55.5 Å². The molecule has 2 rings (SSSR count). The molecule has 0 bridgehead atoms. The summed E-state index contributed by atoms with van der Waals surface area (Å²) in [6.07, 6.45) is 0. The summed E-state index contributed by atoms with van der Waals surface area (Å²) in [6, 6.07) is 8.92. The molecule has 150 valence electrons. The number of hydrogen-bond acceptors (Lipinski definition) is 5. The molecular weight excluding hydrogens is 399 g/mol. The van der Waals surface area contributed by atoms with Crippen LogP contribution < -0.4 is 4.90 Å². The first-order valence-corrected chi connectivity index (χ1v) is 9.56. The predicted octanol–water partition coefficient (Wildman–Crippen LogP) is 3.03. The van der Waals surface area contributed by atoms with E-state index < -0.39 is 44.8 Å². The maximum absolute atomic E-state index is 13.0. The molecule has 0 saturated carbocycles. The molecule has 0 saturated heterocycles. The van der Waals surface area contributed by atoms with Crippen LogP contribution in [0.15, 0.2) is 53.4 Å². The van der Waals surface area contributed by atoms with Crippen molar-refractivity contribution in [3.63, 3.8) is 0 Å². The molecule has 0 atom stereocenters. The molecule has 0 heterocycles. The van der Waals surface area contributed by atoms with Crippen molar-refractivity contribution < 1.29 is 35.9 Å². The second-order valence-corrected chi connectivity index (χ2v) is 7.44. The van der Waals surface area contributed by atoms with Crippen LogP contribution in [0, 0.1) is 5.82 Å². The molecule has 0 aliphatic heterocycles. The van der Waals surface area contributed by atoms with Crippen molar-refractivity contribution in [3.8, 4) is 0 Å². The Morgan fingerprint density at radius 3 is 2.11 bits per heavy atom. The van der Waals surface area contributed by atoms with Crippen LogP contribution in [-0.4, -0.2) is 39.2 Å². The zero-order valence-corrected chi connectivity index (χ0v) is 15.5. The van der Waals surface area contributed by atoms with Crippen LogP contribution in [0.2, 0.25) is 0 Å². The third kappa shape index (κ3) is 4.89. The molecule has 0 N–H and O–H groups in total. The van der Waals surface area contributed by atoms with E-state index in [0.717, 1.165) is 24.3 Å². The lowest BCUT2D eigenvalue weighted by molar-refractivity contribution is -0.121. The van der Waals surface area contributed by atoms with E-state index >= 15 is 0 Å². The first-order valence-electron chi connectivity index (χ1n) is 8.02. The molecule has 2 aromatic rings. The summed E-state index contributed by atoms with van der Waals surface area (Å²) in [6.45, 7) is 1.33. The van der Waals surface area contributed by atoms with E-state index in [1.54, 1.807) is 6.92 Å². The molecule has 0 spiro atoms. The van der Waals surface area contributed by atoms with E-state index in [-0.39, 0.29) is 12.1 Å². The van der Waals surface area contributed by atoms with E-state index in [9.17, 15) is 31.2 Å². The Morgan fingerprint density at radius 1 is 1.04 bits per heavy atom. The minimum atomic E-state index is -4.77. The van der Waals surface area contributed by atoms with Gasteiger partial charge in [-0.15, -0.1) is 0 Å². The maximum atomic E-state index is 13.0. The van der Waals surface area contributed by atoms with Crippen molar-refractivity contribution in [1.29, 1.82) is 0 Å². The number of hydrogen-bond donors (Lipinski definition) is 0. The van der Waals surface area contributed by atoms with Crippen LogP contribution in [0.3, 0.4) is 0 Å². The Balaban J connectivity index is 2.02. The van der Waals surface area contributed by atoms with Crippen LogP contribution >= 0.6 is 0 Å². The zero-order valence-electron chi connectivity index (χ0n) is 14.6. The second kappa shape index (κ2) is 8.87. The van der Waals surface area contributed by atoms with Gasteiger partial charge in [0, 0.05) is 12.2 Å². The lowest BCUT2D eigenvalue weighted by Gasteiger charge is -2.20. The number of sulfone groups is 1. The fourth-order valence-electron chi connectivity index (χ4n) is 2.30. The maximum Gasteiger partial charge on any atom is 0.341 e. The summed E-state index contributed by atoms with van der Waals surface area (Å²) in [5.74, 6) is -5.52. The monoisotopic (exact) mass is 415 g/mol. The van der Waals surface area contributed by atoms with Gasteiger partial charge < -0.3 is 9.64 Å². The number of benzene rings is 2. The highest BCUT2D eigenvalue weighted by Gasteiger charge is 2.26. The molecular formula is C18H16F3NO5S. The Labute approximate surface area is 159 Å². The van der Waals surface area contributed by atoms with E-state index in [4.69, 9.17) is 4.74 Å². The van der Waals surface area contributed by atoms with Gasteiger partial charge in [0.05, 0.1) is 10.5 Å². The average molecular weight is 415 g/mol. The lowest BCUT2D eigenvalue weighted by atomic mass is 10.2. The van der Waals surface area contributed by atoms with E-state index in [0.29, 0.717) is 5.69 Å². The number of carbonyl (C=O) groups excluding carboxylic acids is 2. The van der Waals surface area contributed by atoms with Gasteiger partial charge in [0.15, 0.2) is 6.61 Å². The van der Waals surface area contributed by atoms with E-state index in [1.165, 1.54) is 29.2 Å². The fourth-order valence-corrected chi connectivity index (χ4v) is 3.02. The molecule has 10 heteroatoms. The SMILES string of the molecule is CCN(C(=O)COC(=O)c1ccc(S(=O)(=O)C(F)F)cc1)c1ccc(F)cc1. The van der Waals surface area contributed by atoms with Gasteiger partial charge in [0.1, 0.15) is 5.82 Å². The minimum Gasteiger partial charge on any atom is -0.452 e. The molecule has 1 amide bonds. The number of alkyl halides is 2. The van der Waals surface area contributed by atoms with E-state index in [2.05, 4.69) is 0 Å². The van der Waals surface area contributed by atoms with Crippen LogP contribution in [0.1, 0.15) is 17.3 Å². The summed E-state index contributed by atoms with van der Waals surface area (Å²) < 4.78 is 65.6. The molecule has 28 heavy (non-hydrogen) atoms. The van der Waals surface area contributed by atoms with Crippen LogP contribution in [-0.2, 0) is 19.4 Å².